The van der Waals surface area contributed by atoms with Gasteiger partial charge in [-0.25, -0.2) is 15.2 Å². The highest BCUT2D eigenvalue weighted by Crippen LogP contribution is 2.23. The van der Waals surface area contributed by atoms with Crippen molar-refractivity contribution < 1.29 is 19.1 Å². The van der Waals surface area contributed by atoms with Gasteiger partial charge in [0, 0.05) is 17.8 Å². The van der Waals surface area contributed by atoms with Crippen molar-refractivity contribution >= 4 is 17.6 Å². The summed E-state index contributed by atoms with van der Waals surface area (Å²) in [6, 6.07) is 2.77. The van der Waals surface area contributed by atoms with Crippen LogP contribution in [-0.4, -0.2) is 41.9 Å². The van der Waals surface area contributed by atoms with Crippen LogP contribution >= 0.6 is 0 Å². The predicted octanol–water partition coefficient (Wildman–Crippen LogP) is -0.426. The van der Waals surface area contributed by atoms with Crippen LogP contribution in [0.25, 0.3) is 0 Å². The fraction of sp³-hybridized carbons (Fsp3) is 0.429. The SMILES string of the molecule is CC1NNC(C)N1c1cc(F)cc(C(=O)NC[C@@H](N)C(=O)O)c1. The normalized spacial score (nSPS) is 22.0. The number of nitrogens with zero attached hydrogens (tertiary/aromatic N) is 1. The minimum absolute atomic E-state index is 0.0804. The summed E-state index contributed by atoms with van der Waals surface area (Å²) in [6.07, 6.45) is -0.161. The van der Waals surface area contributed by atoms with E-state index in [4.69, 9.17) is 10.8 Å². The number of carbonyl (C=O) groups is 2. The number of carbonyl (C=O) groups excluding carboxylic acids is 1. The van der Waals surface area contributed by atoms with Crippen molar-refractivity contribution in [3.8, 4) is 0 Å². The summed E-state index contributed by atoms with van der Waals surface area (Å²) in [7, 11) is 0. The van der Waals surface area contributed by atoms with Gasteiger partial charge in [-0.2, -0.15) is 0 Å². The smallest absolute Gasteiger partial charge is 0.322 e. The van der Waals surface area contributed by atoms with Gasteiger partial charge < -0.3 is 21.1 Å². The molecule has 6 N–H and O–H groups in total. The van der Waals surface area contributed by atoms with Crippen molar-refractivity contribution in [2.75, 3.05) is 11.4 Å². The Morgan fingerprint density at radius 2 is 1.96 bits per heavy atom. The lowest BCUT2D eigenvalue weighted by atomic mass is 10.1. The topological polar surface area (TPSA) is 120 Å². The molecule has 2 unspecified atom stereocenters. The molecule has 8 nitrogen and oxygen atoms in total. The molecule has 1 aromatic rings. The van der Waals surface area contributed by atoms with Crippen LogP contribution in [0.5, 0.6) is 0 Å². The molecule has 1 aliphatic rings. The van der Waals surface area contributed by atoms with Crippen LogP contribution in [-0.2, 0) is 4.79 Å². The maximum absolute atomic E-state index is 13.9. The Balaban J connectivity index is 2.17. The summed E-state index contributed by atoms with van der Waals surface area (Å²) in [4.78, 5) is 24.6. The number of benzene rings is 1. The second kappa shape index (κ2) is 6.90. The molecule has 3 atom stereocenters. The zero-order chi connectivity index (χ0) is 17.1. The van der Waals surface area contributed by atoms with E-state index >= 15 is 0 Å². The van der Waals surface area contributed by atoms with Crippen LogP contribution in [0.15, 0.2) is 18.2 Å². The monoisotopic (exact) mass is 325 g/mol. The van der Waals surface area contributed by atoms with E-state index in [9.17, 15) is 14.0 Å². The van der Waals surface area contributed by atoms with Gasteiger partial charge in [0.25, 0.3) is 5.91 Å². The first-order valence-corrected chi connectivity index (χ1v) is 7.16. The van der Waals surface area contributed by atoms with Gasteiger partial charge in [-0.3, -0.25) is 9.59 Å². The first-order valence-electron chi connectivity index (χ1n) is 7.16. The van der Waals surface area contributed by atoms with E-state index in [2.05, 4.69) is 16.2 Å². The van der Waals surface area contributed by atoms with Crippen LogP contribution < -0.4 is 26.8 Å². The number of hydrazine groups is 1. The first-order chi connectivity index (χ1) is 10.8. The van der Waals surface area contributed by atoms with E-state index in [-0.39, 0.29) is 24.4 Å². The van der Waals surface area contributed by atoms with Crippen LogP contribution in [0.1, 0.15) is 24.2 Å². The van der Waals surface area contributed by atoms with Crippen LogP contribution in [0, 0.1) is 5.82 Å². The standard InChI is InChI=1S/C14H20FN5O3/c1-7-18-19-8(2)20(7)11-4-9(3-10(15)5-11)13(21)17-6-12(16)14(22)23/h3-5,7-8,12,18-19H,6,16H2,1-2H3,(H,17,21)(H,22,23)/t7?,8?,12-/m1/s1. The molecule has 9 heteroatoms. The quantitative estimate of drug-likeness (QED) is 0.498. The van der Waals surface area contributed by atoms with E-state index in [1.165, 1.54) is 6.07 Å². The second-order valence-corrected chi connectivity index (χ2v) is 5.40. The number of hydrogen-bond acceptors (Lipinski definition) is 6. The number of rotatable bonds is 5. The number of halogens is 1. The molecule has 0 aromatic heterocycles. The van der Waals surface area contributed by atoms with E-state index < -0.39 is 23.7 Å². The third-order valence-electron chi connectivity index (χ3n) is 3.58. The van der Waals surface area contributed by atoms with Gasteiger partial charge >= 0.3 is 5.97 Å². The highest BCUT2D eigenvalue weighted by Gasteiger charge is 2.27. The number of carboxylic acids is 1. The zero-order valence-electron chi connectivity index (χ0n) is 12.8. The van der Waals surface area contributed by atoms with Crippen LogP contribution in [0.4, 0.5) is 10.1 Å². The van der Waals surface area contributed by atoms with E-state index in [0.29, 0.717) is 5.69 Å². The van der Waals surface area contributed by atoms with Crippen molar-refractivity contribution in [2.45, 2.75) is 32.2 Å². The van der Waals surface area contributed by atoms with Gasteiger partial charge in [-0.15, -0.1) is 0 Å². The zero-order valence-corrected chi connectivity index (χ0v) is 12.8. The maximum Gasteiger partial charge on any atom is 0.322 e. The Morgan fingerprint density at radius 1 is 1.35 bits per heavy atom. The minimum atomic E-state index is -1.22. The summed E-state index contributed by atoms with van der Waals surface area (Å²) >= 11 is 0. The molecule has 1 aliphatic heterocycles. The van der Waals surface area contributed by atoms with Gasteiger partial charge in [0.05, 0.1) is 12.3 Å². The number of amides is 1. The van der Waals surface area contributed by atoms with Crippen molar-refractivity contribution in [3.63, 3.8) is 0 Å². The average molecular weight is 325 g/mol. The summed E-state index contributed by atoms with van der Waals surface area (Å²) in [5, 5.41) is 11.1. The highest BCUT2D eigenvalue weighted by atomic mass is 19.1. The van der Waals surface area contributed by atoms with Crippen LogP contribution in [0.2, 0.25) is 0 Å². The Labute approximate surface area is 132 Å². The Hall–Kier alpha value is -2.23. The Morgan fingerprint density at radius 3 is 2.52 bits per heavy atom. The molecule has 0 spiro atoms. The van der Waals surface area contributed by atoms with Gasteiger partial charge in [-0.05, 0) is 32.0 Å². The van der Waals surface area contributed by atoms with E-state index in [0.717, 1.165) is 6.07 Å². The first kappa shape index (κ1) is 17.1. The maximum atomic E-state index is 13.9. The molecule has 1 saturated heterocycles. The third-order valence-corrected chi connectivity index (χ3v) is 3.58. The molecule has 1 amide bonds. The predicted molar refractivity (Wildman–Crippen MR) is 82.0 cm³/mol. The lowest BCUT2D eigenvalue weighted by molar-refractivity contribution is -0.138. The molecule has 0 bridgehead atoms. The number of anilines is 1. The third kappa shape index (κ3) is 3.95. The fourth-order valence-electron chi connectivity index (χ4n) is 2.41. The highest BCUT2D eigenvalue weighted by molar-refractivity contribution is 5.95. The van der Waals surface area contributed by atoms with Gasteiger partial charge in [-0.1, -0.05) is 0 Å². The summed E-state index contributed by atoms with van der Waals surface area (Å²) in [6.45, 7) is 3.56. The molecular weight excluding hydrogens is 305 g/mol. The molecule has 23 heavy (non-hydrogen) atoms. The minimum Gasteiger partial charge on any atom is -0.480 e. The Bertz CT molecular complexity index is 602. The van der Waals surface area contributed by atoms with E-state index in [1.807, 2.05) is 18.7 Å². The number of nitrogens with two attached hydrogens (primary N) is 1. The lowest BCUT2D eigenvalue weighted by Crippen LogP contribution is -2.42. The number of hydrogen-bond donors (Lipinski definition) is 5. The van der Waals surface area contributed by atoms with Crippen molar-refractivity contribution in [3.05, 3.63) is 29.6 Å². The molecule has 0 saturated carbocycles. The lowest BCUT2D eigenvalue weighted by Gasteiger charge is -2.26. The number of aliphatic carboxylic acids is 1. The molecule has 1 aromatic carbocycles. The summed E-state index contributed by atoms with van der Waals surface area (Å²) < 4.78 is 13.9. The molecular formula is C14H20FN5O3. The molecule has 126 valence electrons. The van der Waals surface area contributed by atoms with Crippen molar-refractivity contribution in [2.24, 2.45) is 5.73 Å². The van der Waals surface area contributed by atoms with Gasteiger partial charge in [0.15, 0.2) is 0 Å². The van der Waals surface area contributed by atoms with Gasteiger partial charge in [0.1, 0.15) is 11.9 Å². The van der Waals surface area contributed by atoms with E-state index in [1.54, 1.807) is 6.07 Å². The second-order valence-electron chi connectivity index (χ2n) is 5.40. The molecule has 0 radical (unpaired) electrons. The average Bonchev–Trinajstić information content (AvgIpc) is 2.82. The molecule has 0 aliphatic carbocycles. The number of carboxylic acid groups (broad SMARTS) is 1. The van der Waals surface area contributed by atoms with Gasteiger partial charge in [0.2, 0.25) is 0 Å². The largest absolute Gasteiger partial charge is 0.480 e. The summed E-state index contributed by atoms with van der Waals surface area (Å²) in [5.41, 5.74) is 12.0. The summed E-state index contributed by atoms with van der Waals surface area (Å²) in [5.74, 6) is -2.36. The van der Waals surface area contributed by atoms with Crippen molar-refractivity contribution in [1.82, 2.24) is 16.2 Å². The molecule has 1 fully saturated rings. The fourth-order valence-corrected chi connectivity index (χ4v) is 2.41. The van der Waals surface area contributed by atoms with Crippen molar-refractivity contribution in [1.29, 1.82) is 0 Å². The Kier molecular flexibility index (Phi) is 5.14. The van der Waals surface area contributed by atoms with Crippen LogP contribution in [0.3, 0.4) is 0 Å². The molecule has 2 rings (SSSR count). The molecule has 1 heterocycles. The number of nitrogens with one attached hydrogen (secondary N) is 3.